The van der Waals surface area contributed by atoms with Crippen LogP contribution in [0.2, 0.25) is 0 Å². The van der Waals surface area contributed by atoms with Crippen LogP contribution in [0.5, 0.6) is 0 Å². The molecule has 1 amide bonds. The molecule has 0 bridgehead atoms. The van der Waals surface area contributed by atoms with Crippen molar-refractivity contribution in [2.75, 3.05) is 7.11 Å². The minimum atomic E-state index is -0.971. The molecule has 14 heavy (non-hydrogen) atoms. The molecule has 1 aliphatic rings. The van der Waals surface area contributed by atoms with E-state index in [-0.39, 0.29) is 5.91 Å². The van der Waals surface area contributed by atoms with Crippen LogP contribution in [0.25, 0.3) is 0 Å². The Bertz CT molecular complexity index is 256. The second-order valence-electron chi connectivity index (χ2n) is 4.31. The zero-order chi connectivity index (χ0) is 10.9. The molecule has 0 saturated carbocycles. The number of amides is 1. The predicted octanol–water partition coefficient (Wildman–Crippen LogP) is 0.0466. The van der Waals surface area contributed by atoms with Crippen molar-refractivity contribution in [2.45, 2.75) is 33.1 Å². The van der Waals surface area contributed by atoms with Gasteiger partial charge in [-0.1, -0.05) is 20.8 Å². The van der Waals surface area contributed by atoms with Gasteiger partial charge in [-0.25, -0.2) is 4.79 Å². The van der Waals surface area contributed by atoms with E-state index in [0.29, 0.717) is 0 Å². The van der Waals surface area contributed by atoms with Gasteiger partial charge in [0.15, 0.2) is 6.10 Å². The quantitative estimate of drug-likeness (QED) is 0.609. The van der Waals surface area contributed by atoms with Gasteiger partial charge in [-0.15, -0.1) is 0 Å². The van der Waals surface area contributed by atoms with E-state index < -0.39 is 23.7 Å². The normalized spacial score (nSPS) is 28.3. The zero-order valence-electron chi connectivity index (χ0n) is 8.79. The molecule has 2 atom stereocenters. The molecule has 80 valence electrons. The molecule has 1 heterocycles. The van der Waals surface area contributed by atoms with Crippen molar-refractivity contribution in [3.63, 3.8) is 0 Å². The lowest BCUT2D eigenvalue weighted by Gasteiger charge is -2.34. The second-order valence-corrected chi connectivity index (χ2v) is 4.31. The first-order chi connectivity index (χ1) is 6.36. The number of ether oxygens (including phenoxy) is 2. The summed E-state index contributed by atoms with van der Waals surface area (Å²) in [7, 11) is 1.34. The number of carbonyl (C=O) groups excluding carboxylic acids is 2. The lowest BCUT2D eigenvalue weighted by Crippen LogP contribution is -2.58. The summed E-state index contributed by atoms with van der Waals surface area (Å²) in [5.41, 5.74) is -0.404. The summed E-state index contributed by atoms with van der Waals surface area (Å²) < 4.78 is 9.72. The van der Waals surface area contributed by atoms with Crippen molar-refractivity contribution in [3.05, 3.63) is 0 Å². The zero-order valence-corrected chi connectivity index (χ0v) is 8.79. The minimum absolute atomic E-state index is 0.316. The summed E-state index contributed by atoms with van der Waals surface area (Å²) in [6.07, 6.45) is -1.72. The van der Waals surface area contributed by atoms with Gasteiger partial charge >= 0.3 is 5.97 Å². The summed E-state index contributed by atoms with van der Waals surface area (Å²) in [6, 6.07) is 0. The first-order valence-electron chi connectivity index (χ1n) is 4.40. The number of methoxy groups -OCH3 is 1. The third-order valence-corrected chi connectivity index (χ3v) is 1.98. The largest absolute Gasteiger partial charge is 0.448 e. The van der Waals surface area contributed by atoms with Gasteiger partial charge in [-0.2, -0.15) is 0 Å². The third-order valence-electron chi connectivity index (χ3n) is 1.98. The molecule has 0 aliphatic carbocycles. The summed E-state index contributed by atoms with van der Waals surface area (Å²) in [5.74, 6) is -0.865. The molecule has 5 nitrogen and oxygen atoms in total. The Balaban J connectivity index is 2.77. The number of rotatable bonds is 1. The fraction of sp³-hybridized carbons (Fsp3) is 0.778. The minimum Gasteiger partial charge on any atom is -0.448 e. The van der Waals surface area contributed by atoms with E-state index in [1.54, 1.807) is 0 Å². The van der Waals surface area contributed by atoms with Crippen molar-refractivity contribution in [1.82, 2.24) is 5.32 Å². The van der Waals surface area contributed by atoms with E-state index in [4.69, 9.17) is 9.47 Å². The summed E-state index contributed by atoms with van der Waals surface area (Å²) in [6.45, 7) is 5.49. The lowest BCUT2D eigenvalue weighted by atomic mass is 9.88. The van der Waals surface area contributed by atoms with Crippen LogP contribution in [-0.2, 0) is 19.1 Å². The first-order valence-corrected chi connectivity index (χ1v) is 4.40. The molecule has 0 aromatic heterocycles. The highest BCUT2D eigenvalue weighted by molar-refractivity contribution is 5.92. The van der Waals surface area contributed by atoms with Gasteiger partial charge in [-0.05, 0) is 0 Å². The Labute approximate surface area is 82.8 Å². The second kappa shape index (κ2) is 3.57. The van der Waals surface area contributed by atoms with Gasteiger partial charge in [0.25, 0.3) is 5.91 Å². The van der Waals surface area contributed by atoms with E-state index >= 15 is 0 Å². The van der Waals surface area contributed by atoms with Crippen molar-refractivity contribution < 1.29 is 19.1 Å². The molecule has 1 fully saturated rings. The lowest BCUT2D eigenvalue weighted by molar-refractivity contribution is -0.185. The van der Waals surface area contributed by atoms with Crippen LogP contribution in [0.15, 0.2) is 0 Å². The highest BCUT2D eigenvalue weighted by Gasteiger charge is 2.42. The third kappa shape index (κ3) is 2.04. The van der Waals surface area contributed by atoms with Crippen molar-refractivity contribution in [1.29, 1.82) is 0 Å². The highest BCUT2D eigenvalue weighted by Crippen LogP contribution is 2.25. The van der Waals surface area contributed by atoms with Gasteiger partial charge in [0.2, 0.25) is 6.23 Å². The standard InChI is InChI=1S/C9H15NO4/c1-9(2,3)5-6(11)10-7(13-4)8(12)14-5/h5,7H,1-4H3,(H,10,11)/t5-,7+/m1/s1. The summed E-state index contributed by atoms with van der Waals surface area (Å²) in [4.78, 5) is 22.8. The Hall–Kier alpha value is -1.10. The number of morpholine rings is 1. The van der Waals surface area contributed by atoms with Crippen molar-refractivity contribution in [3.8, 4) is 0 Å². The molecule has 0 radical (unpaired) electrons. The van der Waals surface area contributed by atoms with Crippen LogP contribution in [-0.4, -0.2) is 31.3 Å². The van der Waals surface area contributed by atoms with Gasteiger partial charge < -0.3 is 14.8 Å². The average molecular weight is 201 g/mol. The smallest absolute Gasteiger partial charge is 0.357 e. The predicted molar refractivity (Wildman–Crippen MR) is 48.3 cm³/mol. The number of hydrogen-bond donors (Lipinski definition) is 1. The molecular weight excluding hydrogens is 186 g/mol. The number of esters is 1. The maximum atomic E-state index is 11.5. The summed E-state index contributed by atoms with van der Waals surface area (Å²) >= 11 is 0. The van der Waals surface area contributed by atoms with Crippen LogP contribution in [0.3, 0.4) is 0 Å². The van der Waals surface area contributed by atoms with E-state index in [1.807, 2.05) is 20.8 Å². The van der Waals surface area contributed by atoms with Crippen LogP contribution < -0.4 is 5.32 Å². The van der Waals surface area contributed by atoms with Gasteiger partial charge in [0.05, 0.1) is 0 Å². The topological polar surface area (TPSA) is 64.6 Å². The monoisotopic (exact) mass is 201 g/mol. The number of cyclic esters (lactones) is 1. The Morgan fingerprint density at radius 1 is 1.36 bits per heavy atom. The van der Waals surface area contributed by atoms with Gasteiger partial charge in [-0.3, -0.25) is 4.79 Å². The van der Waals surface area contributed by atoms with Gasteiger partial charge in [0.1, 0.15) is 0 Å². The molecule has 0 unspecified atom stereocenters. The summed E-state index contributed by atoms with van der Waals surface area (Å²) in [5, 5.41) is 2.44. The molecular formula is C9H15NO4. The maximum absolute atomic E-state index is 11.5. The maximum Gasteiger partial charge on any atom is 0.357 e. The molecule has 5 heteroatoms. The van der Waals surface area contributed by atoms with Gasteiger partial charge in [0, 0.05) is 12.5 Å². The average Bonchev–Trinajstić information content (AvgIpc) is 2.06. The molecule has 1 aliphatic heterocycles. The van der Waals surface area contributed by atoms with E-state index in [1.165, 1.54) is 7.11 Å². The number of hydrogen-bond acceptors (Lipinski definition) is 4. The fourth-order valence-corrected chi connectivity index (χ4v) is 1.22. The molecule has 1 saturated heterocycles. The Kier molecular flexibility index (Phi) is 2.80. The highest BCUT2D eigenvalue weighted by atomic mass is 16.6. The SMILES string of the molecule is CO[C@@H]1NC(=O)[C@H](C(C)(C)C)OC1=O. The molecule has 1 rings (SSSR count). The van der Waals surface area contributed by atoms with Crippen LogP contribution in [0, 0.1) is 5.41 Å². The van der Waals surface area contributed by atoms with E-state index in [2.05, 4.69) is 5.32 Å². The number of nitrogens with one attached hydrogen (secondary N) is 1. The van der Waals surface area contributed by atoms with E-state index in [9.17, 15) is 9.59 Å². The molecule has 0 aromatic rings. The fourth-order valence-electron chi connectivity index (χ4n) is 1.22. The molecule has 1 N–H and O–H groups in total. The van der Waals surface area contributed by atoms with Crippen molar-refractivity contribution >= 4 is 11.9 Å². The van der Waals surface area contributed by atoms with Crippen LogP contribution >= 0.6 is 0 Å². The Morgan fingerprint density at radius 3 is 2.36 bits per heavy atom. The van der Waals surface area contributed by atoms with Crippen molar-refractivity contribution in [2.24, 2.45) is 5.41 Å². The first kappa shape index (κ1) is 11.0. The van der Waals surface area contributed by atoms with E-state index in [0.717, 1.165) is 0 Å². The molecule has 0 aromatic carbocycles. The van der Waals surface area contributed by atoms with Crippen LogP contribution in [0.4, 0.5) is 0 Å². The number of carbonyl (C=O) groups is 2. The van der Waals surface area contributed by atoms with Crippen LogP contribution in [0.1, 0.15) is 20.8 Å². The Morgan fingerprint density at radius 2 is 1.93 bits per heavy atom. The molecule has 0 spiro atoms.